The van der Waals surface area contributed by atoms with E-state index in [1.165, 1.54) is 0 Å². The molecule has 4 nitrogen and oxygen atoms in total. The van der Waals surface area contributed by atoms with E-state index in [9.17, 15) is 0 Å². The Morgan fingerprint density at radius 1 is 1.50 bits per heavy atom. The van der Waals surface area contributed by atoms with Crippen molar-refractivity contribution in [2.24, 2.45) is 0 Å². The van der Waals surface area contributed by atoms with Gasteiger partial charge in [0.1, 0.15) is 0 Å². The minimum atomic E-state index is -4.67. The molecule has 0 saturated heterocycles. The molecule has 44 valence electrons. The molecule has 0 fully saturated rings. The van der Waals surface area contributed by atoms with Gasteiger partial charge in [-0.3, -0.25) is 9.11 Å². The first-order valence-electron chi connectivity index (χ1n) is 1.68. The smallest absolute Gasteiger partial charge is 0.264 e. The van der Waals surface area contributed by atoms with E-state index in [2.05, 4.69) is 6.58 Å². The Bertz CT molecular complexity index is 128. The average Bonchev–Trinajstić information content (AvgIpc) is 1.27. The maximum Gasteiger partial charge on any atom is 0.394 e. The predicted molar refractivity (Wildman–Crippen MR) is 30.1 cm³/mol. The molecule has 6 heteroatoms. The van der Waals surface area contributed by atoms with Crippen LogP contribution in [-0.2, 0) is 10.4 Å². The SMILES string of the molecule is C=[CH][K].O=S(=O)(O)O. The molecule has 0 spiro atoms. The largest absolute Gasteiger partial charge is 0.394 e. The summed E-state index contributed by atoms with van der Waals surface area (Å²) in [6.07, 6.45) is 0. The molecule has 0 rings (SSSR count). The van der Waals surface area contributed by atoms with Gasteiger partial charge in [0.2, 0.25) is 0 Å². The van der Waals surface area contributed by atoms with Crippen LogP contribution in [0.15, 0.2) is 6.75 Å². The van der Waals surface area contributed by atoms with E-state index in [4.69, 9.17) is 17.5 Å². The summed E-state index contributed by atoms with van der Waals surface area (Å²) < 4.78 is 33.5. The van der Waals surface area contributed by atoms with Crippen molar-refractivity contribution in [2.45, 2.75) is 0 Å². The first-order chi connectivity index (χ1) is 3.41. The second-order valence-corrected chi connectivity index (χ2v) is 3.03. The van der Waals surface area contributed by atoms with Crippen LogP contribution < -0.4 is 0 Å². The molecule has 0 bridgehead atoms. The van der Waals surface area contributed by atoms with E-state index < -0.39 is 10.4 Å². The van der Waals surface area contributed by atoms with E-state index in [1.807, 2.05) is 0.171 Å². The summed E-state index contributed by atoms with van der Waals surface area (Å²) in [5, 5.41) is 0. The van der Waals surface area contributed by atoms with Crippen LogP contribution in [0, 0.1) is 0 Å². The Kier molecular flexibility index (Phi) is 9.53. The van der Waals surface area contributed by atoms with Crippen molar-refractivity contribution in [3.05, 3.63) is 6.75 Å². The Hall–Kier alpha value is 1.25. The zero-order valence-corrected chi connectivity index (χ0v) is 8.34. The van der Waals surface area contributed by atoms with Crippen LogP contribution in [0.4, 0.5) is 0 Å². The fourth-order valence-corrected chi connectivity index (χ4v) is 0. The summed E-state index contributed by atoms with van der Waals surface area (Å²) in [7, 11) is -4.67. The summed E-state index contributed by atoms with van der Waals surface area (Å²) in [6.45, 7) is 3.44. The van der Waals surface area contributed by atoms with Crippen LogP contribution in [0.3, 0.4) is 0 Å². The van der Waals surface area contributed by atoms with Crippen LogP contribution in [0.2, 0.25) is 0 Å². The molecule has 0 amide bonds. The fourth-order valence-electron chi connectivity index (χ4n) is 0. The van der Waals surface area contributed by atoms with Gasteiger partial charge in [-0.2, -0.15) is 8.42 Å². The summed E-state index contributed by atoms with van der Waals surface area (Å²) in [5.41, 5.74) is 0. The van der Waals surface area contributed by atoms with Gasteiger partial charge in [-0.05, 0) is 0 Å². The second-order valence-electron chi connectivity index (χ2n) is 0.856. The minimum Gasteiger partial charge on any atom is -0.264 e. The zero-order chi connectivity index (χ0) is 7.21. The van der Waals surface area contributed by atoms with Gasteiger partial charge in [0.05, 0.1) is 0 Å². The standard InChI is InChI=1S/C2H3.K.H2O4S/c1-2;;1-5(2,3)4/h1H,2H2;;(H2,1,2,3,4). The molecular weight excluding hydrogens is 159 g/mol. The molecule has 8 heavy (non-hydrogen) atoms. The van der Waals surface area contributed by atoms with Gasteiger partial charge in [0.25, 0.3) is 0 Å². The van der Waals surface area contributed by atoms with Crippen molar-refractivity contribution < 1.29 is 17.5 Å². The quantitative estimate of drug-likeness (QED) is 0.379. The van der Waals surface area contributed by atoms with E-state index in [0.29, 0.717) is 0 Å². The number of rotatable bonds is 0. The normalized spacial score (nSPS) is 9.00. The van der Waals surface area contributed by atoms with Gasteiger partial charge in [-0.15, -0.1) is 0 Å². The van der Waals surface area contributed by atoms with Gasteiger partial charge >= 0.3 is 66.1 Å². The maximum absolute atomic E-state index is 8.74. The monoisotopic (exact) mass is 164 g/mol. The molecule has 0 aliphatic heterocycles. The molecular formula is C2H5KO4S. The third-order valence-electron chi connectivity index (χ3n) is 0. The molecule has 0 radical (unpaired) electrons. The van der Waals surface area contributed by atoms with Crippen LogP contribution in [-0.4, -0.2) is 66.5 Å². The zero-order valence-electron chi connectivity index (χ0n) is 4.40. The maximum atomic E-state index is 8.74. The minimum absolute atomic E-state index is 0.868. The summed E-state index contributed by atoms with van der Waals surface area (Å²) in [4.78, 5) is 0. The Labute approximate surface area is 82.1 Å². The van der Waals surface area contributed by atoms with Crippen molar-refractivity contribution in [1.82, 2.24) is 0 Å². The summed E-state index contributed by atoms with van der Waals surface area (Å²) >= 11 is 0.868. The predicted octanol–water partition coefficient (Wildman–Crippen LogP) is -0.354. The van der Waals surface area contributed by atoms with Gasteiger partial charge in [0, 0.05) is 0 Å². The van der Waals surface area contributed by atoms with Gasteiger partial charge in [0.15, 0.2) is 0 Å². The van der Waals surface area contributed by atoms with E-state index in [-0.39, 0.29) is 0 Å². The molecule has 0 atom stereocenters. The topological polar surface area (TPSA) is 74.6 Å². The molecule has 2 N–H and O–H groups in total. The average molecular weight is 164 g/mol. The number of hydrogen-bond donors (Lipinski definition) is 2. The third kappa shape index (κ3) is 182. The molecule has 0 aromatic carbocycles. The van der Waals surface area contributed by atoms with E-state index in [0.717, 1.165) is 49.0 Å². The molecule has 0 aromatic heterocycles. The summed E-state index contributed by atoms with van der Waals surface area (Å²) in [5.74, 6) is 0. The van der Waals surface area contributed by atoms with Gasteiger partial charge in [-0.1, -0.05) is 0 Å². The third-order valence-corrected chi connectivity index (χ3v) is 0. The Morgan fingerprint density at radius 3 is 1.50 bits per heavy atom. The molecule has 0 saturated carbocycles. The van der Waals surface area contributed by atoms with E-state index in [1.54, 1.807) is 0 Å². The first-order valence-corrected chi connectivity index (χ1v) is 4.88. The van der Waals surface area contributed by atoms with Crippen molar-refractivity contribution in [2.75, 3.05) is 0 Å². The van der Waals surface area contributed by atoms with Crippen LogP contribution in [0.25, 0.3) is 0 Å². The summed E-state index contributed by atoms with van der Waals surface area (Å²) in [6, 6.07) is 0. The van der Waals surface area contributed by atoms with Gasteiger partial charge in [-0.25, -0.2) is 0 Å². The Morgan fingerprint density at radius 2 is 1.50 bits per heavy atom. The molecule has 0 aliphatic carbocycles. The van der Waals surface area contributed by atoms with Crippen LogP contribution >= 0.6 is 0 Å². The molecule has 0 unspecified atom stereocenters. The van der Waals surface area contributed by atoms with Crippen molar-refractivity contribution >= 4 is 59.4 Å². The van der Waals surface area contributed by atoms with Crippen LogP contribution in [0.5, 0.6) is 0 Å². The molecule has 0 aromatic rings. The number of hydrogen-bond acceptors (Lipinski definition) is 2. The van der Waals surface area contributed by atoms with E-state index >= 15 is 0 Å². The van der Waals surface area contributed by atoms with Crippen molar-refractivity contribution in [3.8, 4) is 0 Å². The first kappa shape index (κ1) is 12.0. The van der Waals surface area contributed by atoms with Gasteiger partial charge < -0.3 is 0 Å². The molecule has 0 aliphatic rings. The van der Waals surface area contributed by atoms with Crippen molar-refractivity contribution in [1.29, 1.82) is 0 Å². The van der Waals surface area contributed by atoms with Crippen molar-refractivity contribution in [3.63, 3.8) is 0 Å². The molecule has 0 heterocycles. The van der Waals surface area contributed by atoms with Crippen LogP contribution in [0.1, 0.15) is 0 Å². The Balaban J connectivity index is 0. The fraction of sp³-hybridized carbons (Fsp3) is 0. The second kappa shape index (κ2) is 6.37.